The molecule has 30 heavy (non-hydrogen) atoms. The highest BCUT2D eigenvalue weighted by Crippen LogP contribution is 2.42. The van der Waals surface area contributed by atoms with Crippen molar-refractivity contribution in [3.8, 4) is 11.5 Å². The lowest BCUT2D eigenvalue weighted by Crippen LogP contribution is -2.32. The van der Waals surface area contributed by atoms with Crippen molar-refractivity contribution in [3.05, 3.63) is 65.2 Å². The molecular formula is C26H33NO3. The first-order valence-corrected chi connectivity index (χ1v) is 10.9. The van der Waals surface area contributed by atoms with E-state index < -0.39 is 0 Å². The van der Waals surface area contributed by atoms with Crippen molar-refractivity contribution in [3.63, 3.8) is 0 Å². The molecule has 2 aromatic carbocycles. The van der Waals surface area contributed by atoms with E-state index in [1.807, 2.05) is 69.0 Å². The Morgan fingerprint density at radius 3 is 2.43 bits per heavy atom. The third-order valence-electron chi connectivity index (χ3n) is 5.27. The van der Waals surface area contributed by atoms with E-state index >= 15 is 0 Å². The quantitative estimate of drug-likeness (QED) is 0.603. The lowest BCUT2D eigenvalue weighted by molar-refractivity contribution is -0.133. The molecule has 0 spiro atoms. The molecule has 160 valence electrons. The molecular weight excluding hydrogens is 374 g/mol. The molecule has 4 nitrogen and oxygen atoms in total. The van der Waals surface area contributed by atoms with Gasteiger partial charge in [0.15, 0.2) is 11.5 Å². The van der Waals surface area contributed by atoms with Crippen LogP contribution in [0.4, 0.5) is 0 Å². The van der Waals surface area contributed by atoms with Gasteiger partial charge in [-0.2, -0.15) is 0 Å². The molecule has 0 unspecified atom stereocenters. The zero-order chi connectivity index (χ0) is 21.7. The third-order valence-corrected chi connectivity index (χ3v) is 5.27. The van der Waals surface area contributed by atoms with Crippen LogP contribution in [-0.4, -0.2) is 23.5 Å². The molecule has 0 bridgehead atoms. The van der Waals surface area contributed by atoms with Crippen LogP contribution in [0.5, 0.6) is 11.5 Å². The first-order valence-electron chi connectivity index (χ1n) is 10.9. The summed E-state index contributed by atoms with van der Waals surface area (Å²) in [5.41, 5.74) is 2.72. The van der Waals surface area contributed by atoms with Crippen LogP contribution < -0.4 is 9.47 Å². The highest BCUT2D eigenvalue weighted by Gasteiger charge is 2.34. The van der Waals surface area contributed by atoms with Gasteiger partial charge < -0.3 is 14.4 Å². The minimum Gasteiger partial charge on any atom is -0.492 e. The van der Waals surface area contributed by atoms with E-state index in [1.54, 1.807) is 7.11 Å². The number of carbonyl (C=O) groups excluding carboxylic acids is 1. The van der Waals surface area contributed by atoms with Gasteiger partial charge in [0.1, 0.15) is 5.60 Å². The van der Waals surface area contributed by atoms with E-state index in [-0.39, 0.29) is 17.4 Å². The molecule has 1 fully saturated rings. The summed E-state index contributed by atoms with van der Waals surface area (Å²) < 4.78 is 11.9. The van der Waals surface area contributed by atoms with E-state index in [9.17, 15) is 4.79 Å². The van der Waals surface area contributed by atoms with Crippen LogP contribution in [0.1, 0.15) is 57.2 Å². The SMILES string of the molecule is CC.COc1c(CN(Cc2ccccc2)C(=O)C2CC2)ccc2c1OC(C)(C)C=C2. The van der Waals surface area contributed by atoms with Gasteiger partial charge in [-0.3, -0.25) is 4.79 Å². The van der Waals surface area contributed by atoms with Gasteiger partial charge in [-0.15, -0.1) is 0 Å². The number of amides is 1. The van der Waals surface area contributed by atoms with Crippen molar-refractivity contribution in [2.24, 2.45) is 5.92 Å². The Balaban J connectivity index is 0.00000124. The Bertz CT molecular complexity index is 898. The van der Waals surface area contributed by atoms with E-state index in [4.69, 9.17) is 9.47 Å². The largest absolute Gasteiger partial charge is 0.492 e. The molecule has 4 rings (SSSR count). The first-order chi connectivity index (χ1) is 14.5. The molecule has 1 aliphatic carbocycles. The number of hydrogen-bond acceptors (Lipinski definition) is 3. The topological polar surface area (TPSA) is 38.8 Å². The lowest BCUT2D eigenvalue weighted by Gasteiger charge is -2.31. The summed E-state index contributed by atoms with van der Waals surface area (Å²) >= 11 is 0. The van der Waals surface area contributed by atoms with Crippen molar-refractivity contribution in [1.29, 1.82) is 0 Å². The van der Waals surface area contributed by atoms with Crippen molar-refractivity contribution >= 4 is 12.0 Å². The summed E-state index contributed by atoms with van der Waals surface area (Å²) in [5.74, 6) is 1.87. The van der Waals surface area contributed by atoms with E-state index in [2.05, 4.69) is 18.2 Å². The standard InChI is InChI=1S/C24H27NO3.C2H6/c1-24(2)14-13-18-9-12-20(21(27-3)22(18)28-24)16-25(23(26)19-10-11-19)15-17-7-5-4-6-8-17;1-2/h4-9,12-14,19H,10-11,15-16H2,1-3H3;1-2H3. The molecule has 2 aliphatic rings. The molecule has 0 radical (unpaired) electrons. The zero-order valence-electron chi connectivity index (χ0n) is 18.8. The number of benzene rings is 2. The van der Waals surface area contributed by atoms with Crippen LogP contribution in [0.25, 0.3) is 6.08 Å². The smallest absolute Gasteiger partial charge is 0.226 e. The monoisotopic (exact) mass is 407 g/mol. The van der Waals surface area contributed by atoms with Crippen molar-refractivity contribution in [1.82, 2.24) is 4.90 Å². The number of rotatable bonds is 6. The Kier molecular flexibility index (Phi) is 6.86. The molecule has 0 N–H and O–H groups in total. The van der Waals surface area contributed by atoms with Gasteiger partial charge in [-0.1, -0.05) is 62.4 Å². The van der Waals surface area contributed by atoms with Crippen molar-refractivity contribution in [2.75, 3.05) is 7.11 Å². The fraction of sp³-hybridized carbons (Fsp3) is 0.423. The molecule has 0 atom stereocenters. The molecule has 0 saturated heterocycles. The Morgan fingerprint density at radius 1 is 1.10 bits per heavy atom. The van der Waals surface area contributed by atoms with Crippen LogP contribution in [0.2, 0.25) is 0 Å². The summed E-state index contributed by atoms with van der Waals surface area (Å²) in [4.78, 5) is 14.9. The molecule has 1 aliphatic heterocycles. The minimum atomic E-state index is -0.382. The van der Waals surface area contributed by atoms with E-state index in [1.165, 1.54) is 0 Å². The molecule has 4 heteroatoms. The second kappa shape index (κ2) is 9.38. The summed E-state index contributed by atoms with van der Waals surface area (Å²) in [6.07, 6.45) is 6.11. The van der Waals surface area contributed by atoms with Gasteiger partial charge in [0.05, 0.1) is 7.11 Å². The van der Waals surface area contributed by atoms with Gasteiger partial charge in [-0.25, -0.2) is 0 Å². The summed E-state index contributed by atoms with van der Waals surface area (Å²) in [6.45, 7) is 9.16. The lowest BCUT2D eigenvalue weighted by atomic mass is 10.00. The van der Waals surface area contributed by atoms with Gasteiger partial charge in [-0.05, 0) is 38.3 Å². The summed E-state index contributed by atoms with van der Waals surface area (Å²) in [6, 6.07) is 14.2. The number of fused-ring (bicyclic) bond motifs is 1. The average molecular weight is 408 g/mol. The number of methoxy groups -OCH3 is 1. The second-order valence-corrected chi connectivity index (χ2v) is 8.17. The number of carbonyl (C=O) groups is 1. The Hall–Kier alpha value is -2.75. The zero-order valence-corrected chi connectivity index (χ0v) is 18.8. The maximum absolute atomic E-state index is 12.9. The van der Waals surface area contributed by atoms with Crippen LogP contribution in [0, 0.1) is 5.92 Å². The van der Waals surface area contributed by atoms with Gasteiger partial charge in [0.25, 0.3) is 0 Å². The summed E-state index contributed by atoms with van der Waals surface area (Å²) in [7, 11) is 1.66. The minimum absolute atomic E-state index is 0.172. The van der Waals surface area contributed by atoms with Crippen LogP contribution >= 0.6 is 0 Å². The maximum Gasteiger partial charge on any atom is 0.226 e. The van der Waals surface area contributed by atoms with E-state index in [0.717, 1.165) is 41.0 Å². The highest BCUT2D eigenvalue weighted by atomic mass is 16.5. The number of nitrogens with zero attached hydrogens (tertiary/aromatic N) is 1. The highest BCUT2D eigenvalue weighted by molar-refractivity contribution is 5.81. The van der Waals surface area contributed by atoms with Crippen LogP contribution in [0.15, 0.2) is 48.5 Å². The van der Waals surface area contributed by atoms with E-state index in [0.29, 0.717) is 13.1 Å². The van der Waals surface area contributed by atoms with Crippen LogP contribution in [-0.2, 0) is 17.9 Å². The first kappa shape index (κ1) is 21.9. The third kappa shape index (κ3) is 5.05. The molecule has 0 aromatic heterocycles. The molecule has 1 heterocycles. The predicted molar refractivity (Wildman–Crippen MR) is 122 cm³/mol. The number of hydrogen-bond donors (Lipinski definition) is 0. The Morgan fingerprint density at radius 2 is 1.80 bits per heavy atom. The maximum atomic E-state index is 12.9. The van der Waals surface area contributed by atoms with Gasteiger partial charge in [0, 0.05) is 30.1 Å². The molecule has 2 aromatic rings. The van der Waals surface area contributed by atoms with Crippen molar-refractivity contribution in [2.45, 2.75) is 59.2 Å². The van der Waals surface area contributed by atoms with Gasteiger partial charge in [0.2, 0.25) is 5.91 Å². The predicted octanol–water partition coefficient (Wildman–Crippen LogP) is 5.84. The fourth-order valence-electron chi connectivity index (χ4n) is 3.60. The molecule has 1 saturated carbocycles. The second-order valence-electron chi connectivity index (χ2n) is 8.17. The van der Waals surface area contributed by atoms with Crippen molar-refractivity contribution < 1.29 is 14.3 Å². The normalized spacial score (nSPS) is 15.9. The fourth-order valence-corrected chi connectivity index (χ4v) is 3.60. The Labute approximate surface area is 180 Å². The number of ether oxygens (including phenoxy) is 2. The average Bonchev–Trinajstić information content (AvgIpc) is 3.59. The van der Waals surface area contributed by atoms with Gasteiger partial charge >= 0.3 is 0 Å². The van der Waals surface area contributed by atoms with Crippen LogP contribution in [0.3, 0.4) is 0 Å². The summed E-state index contributed by atoms with van der Waals surface area (Å²) in [5, 5.41) is 0. The molecule has 1 amide bonds.